The molecule has 40 heavy (non-hydrogen) atoms. The van der Waals surface area contributed by atoms with Crippen molar-refractivity contribution in [1.29, 1.82) is 0 Å². The van der Waals surface area contributed by atoms with Crippen molar-refractivity contribution < 1.29 is 18.6 Å². The molecule has 196 valence electrons. The fourth-order valence-corrected chi connectivity index (χ4v) is 5.70. The lowest BCUT2D eigenvalue weighted by atomic mass is 9.78. The minimum atomic E-state index is -0.451. The molecule has 6 aromatic rings. The van der Waals surface area contributed by atoms with Gasteiger partial charge in [-0.2, -0.15) is 0 Å². The molecule has 10 heteroatoms. The van der Waals surface area contributed by atoms with Gasteiger partial charge in [-0.3, -0.25) is 4.98 Å². The van der Waals surface area contributed by atoms with Gasteiger partial charge in [0, 0.05) is 12.1 Å². The summed E-state index contributed by atoms with van der Waals surface area (Å²) in [6.07, 6.45) is 3.90. The molecule has 0 spiro atoms. The summed E-state index contributed by atoms with van der Waals surface area (Å²) in [6, 6.07) is 18.8. The lowest BCUT2D eigenvalue weighted by Gasteiger charge is -2.31. The Hall–Kier alpha value is -5.25. The largest absolute Gasteiger partial charge is 0.454 e. The van der Waals surface area contributed by atoms with Crippen LogP contribution in [0.25, 0.3) is 28.1 Å². The highest BCUT2D eigenvalue weighted by Gasteiger charge is 2.39. The SMILES string of the molecule is CC(Cc1ccc2c(c1)OCO2)C1c2c(c3ccccc3oc2=O)Oc2ncn3nc(-c4ccccn4)nc3c21. The van der Waals surface area contributed by atoms with Crippen LogP contribution in [-0.4, -0.2) is 31.4 Å². The van der Waals surface area contributed by atoms with Gasteiger partial charge < -0.3 is 18.6 Å². The summed E-state index contributed by atoms with van der Waals surface area (Å²) in [7, 11) is 0. The van der Waals surface area contributed by atoms with Crippen LogP contribution in [0.3, 0.4) is 0 Å². The van der Waals surface area contributed by atoms with Crippen molar-refractivity contribution in [3.05, 3.63) is 100 Å². The highest BCUT2D eigenvalue weighted by molar-refractivity contribution is 5.86. The van der Waals surface area contributed by atoms with Crippen LogP contribution in [0.5, 0.6) is 23.1 Å². The zero-order chi connectivity index (χ0) is 26.8. The summed E-state index contributed by atoms with van der Waals surface area (Å²) in [5, 5.41) is 5.34. The molecule has 0 aliphatic carbocycles. The number of ether oxygens (including phenoxy) is 3. The molecule has 0 saturated heterocycles. The molecular weight excluding hydrogens is 510 g/mol. The van der Waals surface area contributed by atoms with Crippen LogP contribution in [0, 0.1) is 5.92 Å². The van der Waals surface area contributed by atoms with E-state index in [1.807, 2.05) is 54.6 Å². The third kappa shape index (κ3) is 3.46. The van der Waals surface area contributed by atoms with E-state index >= 15 is 0 Å². The molecule has 4 aromatic heterocycles. The van der Waals surface area contributed by atoms with E-state index in [1.54, 1.807) is 23.1 Å². The summed E-state index contributed by atoms with van der Waals surface area (Å²) >= 11 is 0. The summed E-state index contributed by atoms with van der Waals surface area (Å²) in [4.78, 5) is 27.5. The van der Waals surface area contributed by atoms with Crippen molar-refractivity contribution in [1.82, 2.24) is 24.6 Å². The van der Waals surface area contributed by atoms with E-state index in [1.165, 1.54) is 0 Å². The predicted molar refractivity (Wildman–Crippen MR) is 144 cm³/mol. The first-order valence-corrected chi connectivity index (χ1v) is 12.9. The number of benzene rings is 2. The molecule has 0 N–H and O–H groups in total. The molecule has 2 aromatic carbocycles. The van der Waals surface area contributed by atoms with Gasteiger partial charge >= 0.3 is 5.63 Å². The van der Waals surface area contributed by atoms with E-state index in [0.29, 0.717) is 63.1 Å². The van der Waals surface area contributed by atoms with Gasteiger partial charge in [-0.05, 0) is 54.3 Å². The van der Waals surface area contributed by atoms with Crippen molar-refractivity contribution in [3.8, 4) is 34.6 Å². The Morgan fingerprint density at radius 3 is 2.77 bits per heavy atom. The summed E-state index contributed by atoms with van der Waals surface area (Å²) in [5.74, 6) is 2.21. The topological polar surface area (TPSA) is 114 Å². The first kappa shape index (κ1) is 22.7. The monoisotopic (exact) mass is 531 g/mol. The Morgan fingerprint density at radius 2 is 1.88 bits per heavy atom. The van der Waals surface area contributed by atoms with Crippen molar-refractivity contribution in [2.75, 3.05) is 6.79 Å². The van der Waals surface area contributed by atoms with Gasteiger partial charge in [0.05, 0.1) is 16.5 Å². The van der Waals surface area contributed by atoms with Gasteiger partial charge in [-0.1, -0.05) is 31.2 Å². The van der Waals surface area contributed by atoms with Crippen LogP contribution >= 0.6 is 0 Å². The molecule has 0 bridgehead atoms. The molecule has 10 nitrogen and oxygen atoms in total. The fraction of sp³-hybridized carbons (Fsp3) is 0.167. The number of aromatic nitrogens is 5. The Balaban J connectivity index is 1.33. The average Bonchev–Trinajstić information content (AvgIpc) is 3.64. The zero-order valence-electron chi connectivity index (χ0n) is 21.3. The van der Waals surface area contributed by atoms with Gasteiger partial charge in [0.1, 0.15) is 17.6 Å². The molecular formula is C30H21N5O5. The Kier molecular flexibility index (Phi) is 4.90. The lowest BCUT2D eigenvalue weighted by molar-refractivity contribution is 0.174. The second-order valence-electron chi connectivity index (χ2n) is 9.96. The molecule has 0 saturated carbocycles. The second-order valence-corrected chi connectivity index (χ2v) is 9.96. The molecule has 2 unspecified atom stereocenters. The summed E-state index contributed by atoms with van der Waals surface area (Å²) < 4.78 is 24.9. The van der Waals surface area contributed by atoms with Crippen LogP contribution < -0.4 is 19.8 Å². The molecule has 0 radical (unpaired) electrons. The van der Waals surface area contributed by atoms with Crippen molar-refractivity contribution >= 4 is 16.6 Å². The summed E-state index contributed by atoms with van der Waals surface area (Å²) in [5.41, 5.74) is 3.36. The third-order valence-electron chi connectivity index (χ3n) is 7.46. The average molecular weight is 532 g/mol. The van der Waals surface area contributed by atoms with Gasteiger partial charge in [0.15, 0.2) is 22.9 Å². The van der Waals surface area contributed by atoms with Crippen LogP contribution in [0.4, 0.5) is 0 Å². The number of para-hydroxylation sites is 1. The van der Waals surface area contributed by atoms with E-state index in [0.717, 1.165) is 11.3 Å². The number of hydrogen-bond acceptors (Lipinski definition) is 9. The smallest absolute Gasteiger partial charge is 0.343 e. The van der Waals surface area contributed by atoms with Gasteiger partial charge in [0.2, 0.25) is 18.5 Å². The second kappa shape index (κ2) is 8.63. The molecule has 0 amide bonds. The molecule has 2 atom stereocenters. The first-order chi connectivity index (χ1) is 19.6. The maximum absolute atomic E-state index is 13.6. The highest BCUT2D eigenvalue weighted by Crippen LogP contribution is 2.49. The summed E-state index contributed by atoms with van der Waals surface area (Å²) in [6.45, 7) is 2.31. The number of hydrogen-bond donors (Lipinski definition) is 0. The van der Waals surface area contributed by atoms with Gasteiger partial charge in [0.25, 0.3) is 0 Å². The Labute approximate surface area is 226 Å². The van der Waals surface area contributed by atoms with E-state index in [9.17, 15) is 4.79 Å². The molecule has 6 heterocycles. The van der Waals surface area contributed by atoms with E-state index < -0.39 is 11.5 Å². The standard InChI is InChI=1S/C30H21N5O5/c1-16(12-17-9-10-21-22(13-17)38-15-37-21)23-24-26(18-6-2-3-8-20(18)39-30(24)36)40-29-25(23)28-33-27(34-35(28)14-32-29)19-7-4-5-11-31-19/h2-11,13-14,16,23H,12,15H2,1H3. The maximum atomic E-state index is 13.6. The van der Waals surface area contributed by atoms with Crippen LogP contribution in [0.1, 0.15) is 29.5 Å². The highest BCUT2D eigenvalue weighted by atomic mass is 16.7. The van der Waals surface area contributed by atoms with Crippen molar-refractivity contribution in [2.24, 2.45) is 5.92 Å². The Morgan fingerprint density at radius 1 is 1.00 bits per heavy atom. The van der Waals surface area contributed by atoms with Gasteiger partial charge in [-0.15, -0.1) is 5.10 Å². The number of rotatable bonds is 4. The lowest BCUT2D eigenvalue weighted by Crippen LogP contribution is -2.26. The van der Waals surface area contributed by atoms with Crippen molar-refractivity contribution in [3.63, 3.8) is 0 Å². The van der Waals surface area contributed by atoms with E-state index in [2.05, 4.69) is 22.0 Å². The quantitative estimate of drug-likeness (QED) is 0.285. The minimum absolute atomic E-state index is 0.0890. The number of pyridine rings is 1. The number of nitrogens with zero attached hydrogens (tertiary/aromatic N) is 5. The third-order valence-corrected chi connectivity index (χ3v) is 7.46. The van der Waals surface area contributed by atoms with E-state index in [-0.39, 0.29) is 12.7 Å². The normalized spacial score (nSPS) is 16.0. The van der Waals surface area contributed by atoms with Crippen LogP contribution in [0.2, 0.25) is 0 Å². The van der Waals surface area contributed by atoms with Crippen LogP contribution in [0.15, 0.2) is 82.4 Å². The fourth-order valence-electron chi connectivity index (χ4n) is 5.70. The van der Waals surface area contributed by atoms with Gasteiger partial charge in [-0.25, -0.2) is 19.3 Å². The number of fused-ring (bicyclic) bond motifs is 7. The zero-order valence-corrected chi connectivity index (χ0v) is 21.3. The molecule has 8 rings (SSSR count). The molecule has 2 aliphatic heterocycles. The molecule has 2 aliphatic rings. The maximum Gasteiger partial charge on any atom is 0.343 e. The Bertz CT molecular complexity index is 2000. The first-order valence-electron chi connectivity index (χ1n) is 12.9. The van der Waals surface area contributed by atoms with E-state index in [4.69, 9.17) is 23.6 Å². The van der Waals surface area contributed by atoms with Crippen LogP contribution in [-0.2, 0) is 6.42 Å². The molecule has 0 fully saturated rings. The van der Waals surface area contributed by atoms with Crippen molar-refractivity contribution in [2.45, 2.75) is 19.3 Å². The predicted octanol–water partition coefficient (Wildman–Crippen LogP) is 5.14. The minimum Gasteiger partial charge on any atom is -0.454 e.